The van der Waals surface area contributed by atoms with Crippen molar-refractivity contribution in [2.75, 3.05) is 13.2 Å². The predicted molar refractivity (Wildman–Crippen MR) is 134 cm³/mol. The molecule has 168 valence electrons. The van der Waals surface area contributed by atoms with Crippen molar-refractivity contribution in [2.24, 2.45) is 0 Å². The number of hydrogen-bond acceptors (Lipinski definition) is 4. The molecular formula is C26H22Br2N2O3. The first-order valence-corrected chi connectivity index (χ1v) is 12.2. The van der Waals surface area contributed by atoms with E-state index in [1.807, 2.05) is 59.3 Å². The van der Waals surface area contributed by atoms with E-state index in [1.54, 1.807) is 12.5 Å². The van der Waals surface area contributed by atoms with E-state index in [2.05, 4.69) is 61.1 Å². The van der Waals surface area contributed by atoms with Gasteiger partial charge in [0.15, 0.2) is 0 Å². The first-order chi connectivity index (χ1) is 16.1. The molecule has 2 heterocycles. The molecule has 0 unspecified atom stereocenters. The molecule has 2 atom stereocenters. The monoisotopic (exact) mass is 568 g/mol. The van der Waals surface area contributed by atoms with Gasteiger partial charge in [-0.15, -0.1) is 0 Å². The second kappa shape index (κ2) is 9.81. The quantitative estimate of drug-likeness (QED) is 0.257. The van der Waals surface area contributed by atoms with Crippen molar-refractivity contribution >= 4 is 31.9 Å². The molecule has 1 aliphatic rings. The summed E-state index contributed by atoms with van der Waals surface area (Å²) in [4.78, 5) is 4.16. The number of aromatic nitrogens is 2. The van der Waals surface area contributed by atoms with Gasteiger partial charge in [-0.1, -0.05) is 80.4 Å². The van der Waals surface area contributed by atoms with Crippen molar-refractivity contribution in [1.82, 2.24) is 9.55 Å². The summed E-state index contributed by atoms with van der Waals surface area (Å²) in [7, 11) is 0. The Morgan fingerprint density at radius 1 is 1.00 bits per heavy atom. The van der Waals surface area contributed by atoms with Crippen molar-refractivity contribution in [2.45, 2.75) is 18.4 Å². The van der Waals surface area contributed by atoms with Crippen LogP contribution in [-0.2, 0) is 21.8 Å². The Morgan fingerprint density at radius 3 is 2.52 bits per heavy atom. The number of benzene rings is 3. The van der Waals surface area contributed by atoms with Crippen LogP contribution < -0.4 is 4.74 Å². The molecule has 1 aliphatic heterocycles. The Morgan fingerprint density at radius 2 is 1.79 bits per heavy atom. The van der Waals surface area contributed by atoms with Gasteiger partial charge in [0.25, 0.3) is 0 Å². The molecule has 5 rings (SSSR count). The first kappa shape index (κ1) is 22.3. The van der Waals surface area contributed by atoms with Crippen molar-refractivity contribution < 1.29 is 14.2 Å². The fraction of sp³-hybridized carbons (Fsp3) is 0.192. The summed E-state index contributed by atoms with van der Waals surface area (Å²) in [6, 6.07) is 24.4. The van der Waals surface area contributed by atoms with Gasteiger partial charge >= 0.3 is 0 Å². The average Bonchev–Trinajstić information content (AvgIpc) is 3.49. The molecule has 1 saturated heterocycles. The first-order valence-electron chi connectivity index (χ1n) is 10.6. The molecule has 1 fully saturated rings. The lowest BCUT2D eigenvalue weighted by molar-refractivity contribution is -0.189. The molecule has 0 spiro atoms. The normalized spacial score (nSPS) is 20.1. The van der Waals surface area contributed by atoms with Gasteiger partial charge in [0, 0.05) is 26.9 Å². The number of nitrogens with zero attached hydrogens (tertiary/aromatic N) is 2. The van der Waals surface area contributed by atoms with Crippen LogP contribution >= 0.6 is 31.9 Å². The Kier molecular flexibility index (Phi) is 6.64. The highest BCUT2D eigenvalue weighted by atomic mass is 79.9. The van der Waals surface area contributed by atoms with Crippen molar-refractivity contribution in [3.8, 4) is 16.9 Å². The molecule has 3 aromatic carbocycles. The second-order valence-corrected chi connectivity index (χ2v) is 9.63. The SMILES string of the molecule is Brc1ccc([C@]2(Cn3ccnc3)OC[C@@H](COc3ccc(-c4ccccc4)cc3)O2)c(Br)c1. The highest BCUT2D eigenvalue weighted by Crippen LogP contribution is 2.40. The van der Waals surface area contributed by atoms with Gasteiger partial charge in [-0.05, 0) is 35.4 Å². The zero-order valence-corrected chi connectivity index (χ0v) is 20.9. The third kappa shape index (κ3) is 5.06. The standard InChI is InChI=1S/C26H22Br2N2O3/c27-21-8-11-24(25(28)14-21)26(17-30-13-12-29-18-30)32-16-23(33-26)15-31-22-9-6-20(7-10-22)19-4-2-1-3-5-19/h1-14,18,23H,15-17H2/t23-,26-/m1/s1. The minimum Gasteiger partial charge on any atom is -0.491 e. The molecule has 0 N–H and O–H groups in total. The van der Waals surface area contributed by atoms with Crippen LogP contribution in [0, 0.1) is 0 Å². The average molecular weight is 570 g/mol. The minimum atomic E-state index is -0.939. The number of rotatable bonds is 7. The van der Waals surface area contributed by atoms with Gasteiger partial charge in [-0.3, -0.25) is 0 Å². The second-order valence-electron chi connectivity index (χ2n) is 7.86. The lowest BCUT2D eigenvalue weighted by Crippen LogP contribution is -2.34. The van der Waals surface area contributed by atoms with E-state index in [0.29, 0.717) is 19.8 Å². The van der Waals surface area contributed by atoms with E-state index in [4.69, 9.17) is 14.2 Å². The van der Waals surface area contributed by atoms with Crippen LogP contribution in [-0.4, -0.2) is 28.9 Å². The molecule has 5 nitrogen and oxygen atoms in total. The van der Waals surface area contributed by atoms with Crippen molar-refractivity contribution in [1.29, 1.82) is 0 Å². The summed E-state index contributed by atoms with van der Waals surface area (Å²) >= 11 is 7.19. The smallest absolute Gasteiger partial charge is 0.215 e. The number of ether oxygens (including phenoxy) is 3. The van der Waals surface area contributed by atoms with Crippen LogP contribution in [0.5, 0.6) is 5.75 Å². The Balaban J connectivity index is 1.29. The summed E-state index contributed by atoms with van der Waals surface area (Å²) in [5.74, 6) is -0.138. The van der Waals surface area contributed by atoms with Crippen LogP contribution in [0.25, 0.3) is 11.1 Å². The maximum absolute atomic E-state index is 6.50. The third-order valence-corrected chi connectivity index (χ3v) is 6.70. The molecule has 33 heavy (non-hydrogen) atoms. The Labute approximate surface area is 209 Å². The van der Waals surface area contributed by atoms with Gasteiger partial charge in [0.1, 0.15) is 18.5 Å². The molecule has 1 aromatic heterocycles. The molecule has 4 aromatic rings. The maximum atomic E-state index is 6.50. The maximum Gasteiger partial charge on any atom is 0.215 e. The molecule has 0 amide bonds. The topological polar surface area (TPSA) is 45.5 Å². The number of halogens is 2. The molecule has 0 saturated carbocycles. The van der Waals surface area contributed by atoms with Crippen LogP contribution in [0.4, 0.5) is 0 Å². The van der Waals surface area contributed by atoms with Gasteiger partial charge in [0.2, 0.25) is 5.79 Å². The van der Waals surface area contributed by atoms with E-state index in [1.165, 1.54) is 5.56 Å². The fourth-order valence-electron chi connectivity index (χ4n) is 3.94. The van der Waals surface area contributed by atoms with E-state index >= 15 is 0 Å². The highest BCUT2D eigenvalue weighted by molar-refractivity contribution is 9.11. The Hall–Kier alpha value is -2.45. The fourth-order valence-corrected chi connectivity index (χ4v) is 5.29. The van der Waals surface area contributed by atoms with Gasteiger partial charge in [-0.2, -0.15) is 0 Å². The van der Waals surface area contributed by atoms with E-state index in [-0.39, 0.29) is 6.10 Å². The lowest BCUT2D eigenvalue weighted by Gasteiger charge is -2.30. The van der Waals surface area contributed by atoms with Crippen molar-refractivity contribution in [3.05, 3.63) is 106 Å². The number of imidazole rings is 1. The summed E-state index contributed by atoms with van der Waals surface area (Å²) in [5.41, 5.74) is 3.26. The van der Waals surface area contributed by atoms with Crippen LogP contribution in [0.2, 0.25) is 0 Å². The van der Waals surface area contributed by atoms with Gasteiger partial charge in [0.05, 0.1) is 19.5 Å². The van der Waals surface area contributed by atoms with Crippen LogP contribution in [0.15, 0.2) is 100 Å². The zero-order chi connectivity index (χ0) is 22.7. The van der Waals surface area contributed by atoms with E-state index in [0.717, 1.165) is 25.8 Å². The van der Waals surface area contributed by atoms with E-state index in [9.17, 15) is 0 Å². The summed E-state index contributed by atoms with van der Waals surface area (Å²) in [6.07, 6.45) is 5.20. The number of hydrogen-bond donors (Lipinski definition) is 0. The van der Waals surface area contributed by atoms with Crippen LogP contribution in [0.1, 0.15) is 5.56 Å². The van der Waals surface area contributed by atoms with Crippen LogP contribution in [0.3, 0.4) is 0 Å². The minimum absolute atomic E-state index is 0.210. The molecular weight excluding hydrogens is 548 g/mol. The summed E-state index contributed by atoms with van der Waals surface area (Å²) in [5, 5.41) is 0. The predicted octanol–water partition coefficient (Wildman–Crippen LogP) is 6.42. The third-order valence-electron chi connectivity index (χ3n) is 5.55. The van der Waals surface area contributed by atoms with Crippen molar-refractivity contribution in [3.63, 3.8) is 0 Å². The molecule has 0 aliphatic carbocycles. The highest BCUT2D eigenvalue weighted by Gasteiger charge is 2.45. The van der Waals surface area contributed by atoms with Gasteiger partial charge in [-0.25, -0.2) is 4.98 Å². The zero-order valence-electron chi connectivity index (χ0n) is 17.7. The van der Waals surface area contributed by atoms with Gasteiger partial charge < -0.3 is 18.8 Å². The Bertz CT molecular complexity index is 1200. The molecule has 7 heteroatoms. The summed E-state index contributed by atoms with van der Waals surface area (Å²) < 4.78 is 22.7. The molecule has 0 radical (unpaired) electrons. The van der Waals surface area contributed by atoms with E-state index < -0.39 is 5.79 Å². The summed E-state index contributed by atoms with van der Waals surface area (Å²) in [6.45, 7) is 1.30. The lowest BCUT2D eigenvalue weighted by atomic mass is 10.1. The molecule has 0 bridgehead atoms. The largest absolute Gasteiger partial charge is 0.491 e.